The van der Waals surface area contributed by atoms with Gasteiger partial charge in [0.15, 0.2) is 0 Å². The number of aliphatic imine (C=N–C) groups is 1. The van der Waals surface area contributed by atoms with E-state index in [0.717, 1.165) is 28.7 Å². The SMILES string of the molecule is CC1=NC(NC(=O)Nc2cccc(Br)c2)C(=O)N(CC(=O)N2CC3CCC(CC3)C2)c2c(C)cccc21. The lowest BCUT2D eigenvalue weighted by atomic mass is 9.84. The van der Waals surface area contributed by atoms with Gasteiger partial charge < -0.3 is 15.5 Å². The van der Waals surface area contributed by atoms with Crippen molar-refractivity contribution in [2.45, 2.75) is 45.7 Å². The molecule has 4 amide bonds. The summed E-state index contributed by atoms with van der Waals surface area (Å²) in [6.45, 7) is 5.18. The molecule has 37 heavy (non-hydrogen) atoms. The first-order chi connectivity index (χ1) is 17.8. The number of nitrogens with one attached hydrogen (secondary N) is 2. The van der Waals surface area contributed by atoms with Gasteiger partial charge in [-0.25, -0.2) is 4.79 Å². The molecule has 194 valence electrons. The van der Waals surface area contributed by atoms with E-state index in [4.69, 9.17) is 0 Å². The zero-order valence-corrected chi connectivity index (χ0v) is 22.8. The fourth-order valence-electron chi connectivity index (χ4n) is 5.73. The van der Waals surface area contributed by atoms with Crippen LogP contribution >= 0.6 is 15.9 Å². The highest BCUT2D eigenvalue weighted by atomic mass is 79.9. The van der Waals surface area contributed by atoms with Gasteiger partial charge in [-0.1, -0.05) is 40.2 Å². The number of benzene rings is 2. The topological polar surface area (TPSA) is 94.1 Å². The molecule has 1 atom stereocenters. The number of hydrogen-bond acceptors (Lipinski definition) is 4. The maximum absolute atomic E-state index is 13.9. The Morgan fingerprint density at radius 3 is 2.38 bits per heavy atom. The Hall–Kier alpha value is -3.20. The average molecular weight is 567 g/mol. The molecule has 0 aromatic heterocycles. The van der Waals surface area contributed by atoms with Crippen LogP contribution in [0.2, 0.25) is 0 Å². The van der Waals surface area contributed by atoms with Crippen molar-refractivity contribution in [2.75, 3.05) is 29.9 Å². The summed E-state index contributed by atoms with van der Waals surface area (Å²) in [5.74, 6) is 0.595. The van der Waals surface area contributed by atoms with Gasteiger partial charge in [0.25, 0.3) is 5.91 Å². The van der Waals surface area contributed by atoms with Gasteiger partial charge in [0.2, 0.25) is 12.1 Å². The Balaban J connectivity index is 1.40. The quantitative estimate of drug-likeness (QED) is 0.562. The standard InChI is InChI=1S/C28H32BrN5O3/c1-17-5-3-8-23-18(2)30-26(32-28(37)31-22-7-4-6-21(29)13-22)27(36)34(25(17)23)16-24(35)33-14-19-9-10-20(15-33)12-11-19/h3-8,13,19-20,26H,9-12,14-16H2,1-2H3,(H2,31,32,37). The smallest absolute Gasteiger partial charge is 0.321 e. The van der Waals surface area contributed by atoms with E-state index in [2.05, 4.69) is 31.6 Å². The molecule has 2 N–H and O–H groups in total. The van der Waals surface area contributed by atoms with Crippen LogP contribution in [0.25, 0.3) is 0 Å². The van der Waals surface area contributed by atoms with E-state index >= 15 is 0 Å². The molecule has 2 saturated heterocycles. The molecule has 2 aromatic rings. The van der Waals surface area contributed by atoms with E-state index in [1.54, 1.807) is 18.2 Å². The van der Waals surface area contributed by atoms with Crippen LogP contribution in [0.1, 0.15) is 43.7 Å². The van der Waals surface area contributed by atoms with Crippen LogP contribution in [-0.2, 0) is 9.59 Å². The van der Waals surface area contributed by atoms with Crippen molar-refractivity contribution in [1.82, 2.24) is 10.2 Å². The van der Waals surface area contributed by atoms with Gasteiger partial charge in [0.1, 0.15) is 6.54 Å². The van der Waals surface area contributed by atoms with E-state index < -0.39 is 18.1 Å². The molecule has 1 unspecified atom stereocenters. The van der Waals surface area contributed by atoms with Crippen LogP contribution < -0.4 is 15.5 Å². The van der Waals surface area contributed by atoms with Crippen molar-refractivity contribution >= 4 is 50.9 Å². The minimum atomic E-state index is -1.16. The summed E-state index contributed by atoms with van der Waals surface area (Å²) in [5, 5.41) is 5.46. The van der Waals surface area contributed by atoms with Crippen LogP contribution in [0.15, 0.2) is 51.9 Å². The molecule has 2 bridgehead atoms. The van der Waals surface area contributed by atoms with E-state index in [0.29, 0.717) is 28.9 Å². The Kier molecular flexibility index (Phi) is 7.33. The molecule has 4 aliphatic rings. The summed E-state index contributed by atoms with van der Waals surface area (Å²) in [7, 11) is 0. The molecule has 3 fully saturated rings. The number of urea groups is 1. The minimum Gasteiger partial charge on any atom is -0.341 e. The Labute approximate surface area is 225 Å². The van der Waals surface area contributed by atoms with Crippen LogP contribution in [-0.4, -0.2) is 54.3 Å². The number of halogens is 1. The molecule has 9 heteroatoms. The number of para-hydroxylation sites is 1. The predicted molar refractivity (Wildman–Crippen MR) is 148 cm³/mol. The van der Waals surface area contributed by atoms with Gasteiger partial charge in [0, 0.05) is 34.5 Å². The lowest BCUT2D eigenvalue weighted by Crippen LogP contribution is -2.52. The molecule has 0 spiro atoms. The first-order valence-corrected chi connectivity index (χ1v) is 13.6. The van der Waals surface area contributed by atoms with Crippen LogP contribution in [0.4, 0.5) is 16.2 Å². The number of benzodiazepines with no additional fused rings is 1. The Bertz CT molecular complexity index is 1240. The fraction of sp³-hybridized carbons (Fsp3) is 0.429. The average Bonchev–Trinajstić information content (AvgIpc) is 3.24. The summed E-state index contributed by atoms with van der Waals surface area (Å²) in [4.78, 5) is 48.3. The van der Waals surface area contributed by atoms with Gasteiger partial charge >= 0.3 is 6.03 Å². The van der Waals surface area contributed by atoms with Gasteiger partial charge in [-0.2, -0.15) is 0 Å². The number of rotatable bonds is 4. The van der Waals surface area contributed by atoms with Crippen molar-refractivity contribution in [1.29, 1.82) is 0 Å². The predicted octanol–water partition coefficient (Wildman–Crippen LogP) is 4.71. The zero-order chi connectivity index (χ0) is 26.1. The highest BCUT2D eigenvalue weighted by Crippen LogP contribution is 2.34. The molecule has 0 radical (unpaired) electrons. The summed E-state index contributed by atoms with van der Waals surface area (Å²) >= 11 is 3.39. The van der Waals surface area contributed by atoms with Crippen molar-refractivity contribution < 1.29 is 14.4 Å². The fourth-order valence-corrected chi connectivity index (χ4v) is 6.13. The van der Waals surface area contributed by atoms with Crippen LogP contribution in [0.5, 0.6) is 0 Å². The van der Waals surface area contributed by atoms with Crippen molar-refractivity contribution in [2.24, 2.45) is 16.8 Å². The second-order valence-electron chi connectivity index (χ2n) is 10.3. The third-order valence-electron chi connectivity index (χ3n) is 7.64. The first kappa shape index (κ1) is 25.4. The van der Waals surface area contributed by atoms with E-state index in [1.807, 2.05) is 43.0 Å². The molecular weight excluding hydrogens is 534 g/mol. The molecule has 1 saturated carbocycles. The van der Waals surface area contributed by atoms with Crippen molar-refractivity contribution in [3.8, 4) is 0 Å². The third kappa shape index (κ3) is 5.56. The lowest BCUT2D eigenvalue weighted by Gasteiger charge is -2.30. The number of aryl methyl sites for hydroxylation is 1. The number of hydrogen-bond donors (Lipinski definition) is 2. The second-order valence-corrected chi connectivity index (χ2v) is 11.2. The van der Waals surface area contributed by atoms with Gasteiger partial charge in [0.05, 0.1) is 5.69 Å². The number of amides is 4. The maximum Gasteiger partial charge on any atom is 0.321 e. The largest absolute Gasteiger partial charge is 0.341 e. The lowest BCUT2D eigenvalue weighted by molar-refractivity contribution is -0.132. The summed E-state index contributed by atoms with van der Waals surface area (Å²) in [5.41, 5.74) is 3.55. The van der Waals surface area contributed by atoms with E-state index in [9.17, 15) is 14.4 Å². The summed E-state index contributed by atoms with van der Waals surface area (Å²) < 4.78 is 0.822. The second kappa shape index (κ2) is 10.7. The van der Waals surface area contributed by atoms with Crippen LogP contribution in [0.3, 0.4) is 0 Å². The number of nitrogens with zero attached hydrogens (tertiary/aromatic N) is 3. The molecule has 6 rings (SSSR count). The molecule has 8 nitrogen and oxygen atoms in total. The molecule has 3 aliphatic heterocycles. The number of carbonyl (C=O) groups excluding carboxylic acids is 3. The summed E-state index contributed by atoms with van der Waals surface area (Å²) in [6.07, 6.45) is 3.53. The third-order valence-corrected chi connectivity index (χ3v) is 8.13. The Morgan fingerprint density at radius 2 is 1.70 bits per heavy atom. The van der Waals surface area contributed by atoms with Gasteiger partial charge in [-0.15, -0.1) is 0 Å². The zero-order valence-electron chi connectivity index (χ0n) is 21.2. The van der Waals surface area contributed by atoms with Crippen LogP contribution in [0, 0.1) is 18.8 Å². The minimum absolute atomic E-state index is 0.0572. The summed E-state index contributed by atoms with van der Waals surface area (Å²) in [6, 6.07) is 12.4. The van der Waals surface area contributed by atoms with Crippen molar-refractivity contribution in [3.05, 3.63) is 58.1 Å². The normalized spacial score (nSPS) is 23.1. The number of anilines is 2. The number of carbonyl (C=O) groups is 3. The molecule has 2 aromatic carbocycles. The highest BCUT2D eigenvalue weighted by Gasteiger charge is 2.37. The van der Waals surface area contributed by atoms with E-state index in [1.165, 1.54) is 30.6 Å². The molecule has 1 aliphatic carbocycles. The van der Waals surface area contributed by atoms with E-state index in [-0.39, 0.29) is 12.5 Å². The van der Waals surface area contributed by atoms with Gasteiger partial charge in [-0.3, -0.25) is 19.5 Å². The number of fused-ring (bicyclic) bond motifs is 5. The monoisotopic (exact) mass is 565 g/mol. The molecule has 3 heterocycles. The molecular formula is C28H32BrN5O3. The maximum atomic E-state index is 13.9. The Morgan fingerprint density at radius 1 is 1.03 bits per heavy atom. The first-order valence-electron chi connectivity index (χ1n) is 12.8. The van der Waals surface area contributed by atoms with Crippen molar-refractivity contribution in [3.63, 3.8) is 0 Å². The highest BCUT2D eigenvalue weighted by molar-refractivity contribution is 9.10. The van der Waals surface area contributed by atoms with Gasteiger partial charge in [-0.05, 0) is 75.1 Å².